The van der Waals surface area contributed by atoms with Crippen LogP contribution in [0.1, 0.15) is 38.5 Å². The lowest BCUT2D eigenvalue weighted by molar-refractivity contribution is -0.105. The van der Waals surface area contributed by atoms with Crippen LogP contribution in [0.2, 0.25) is 0 Å². The van der Waals surface area contributed by atoms with Crippen LogP contribution in [-0.4, -0.2) is 31.8 Å². The number of hydrogen-bond acceptors (Lipinski definition) is 5. The molecule has 0 aliphatic heterocycles. The summed E-state index contributed by atoms with van der Waals surface area (Å²) in [6, 6.07) is 0. The van der Waals surface area contributed by atoms with E-state index in [0.29, 0.717) is 37.0 Å². The second-order valence-electron chi connectivity index (χ2n) is 6.47. The smallest absolute Gasteiger partial charge is 0.282 e. The van der Waals surface area contributed by atoms with E-state index in [0.717, 1.165) is 19.3 Å². The van der Waals surface area contributed by atoms with E-state index in [2.05, 4.69) is 0 Å². The highest BCUT2D eigenvalue weighted by Crippen LogP contribution is 2.57. The molecule has 6 nitrogen and oxygen atoms in total. The summed E-state index contributed by atoms with van der Waals surface area (Å²) < 4.78 is 71.8. The van der Waals surface area contributed by atoms with Gasteiger partial charge in [-0.1, -0.05) is 0 Å². The van der Waals surface area contributed by atoms with Crippen molar-refractivity contribution >= 4 is 20.2 Å². The molecule has 1 unspecified atom stereocenters. The summed E-state index contributed by atoms with van der Waals surface area (Å²) in [7, 11) is -10.3. The minimum Gasteiger partial charge on any atom is -0.282 e. The predicted molar refractivity (Wildman–Crippen MR) is 67.4 cm³/mol. The normalized spacial score (nSPS) is 41.8. The molecular weight excluding hydrogens is 311 g/mol. The summed E-state index contributed by atoms with van der Waals surface area (Å²) in [5, 5.41) is 0. The molecule has 0 aromatic rings. The third-order valence-electron chi connectivity index (χ3n) is 4.74. The standard InChI is InChI=1S/C11H17FO6S2/c12-10(19(13,14)15)20(16,17)18-11-4-7-1-8(5-11)3-9(2-7)6-11/h7-10H,1-6H2,(H,13,14,15). The molecule has 1 atom stereocenters. The third-order valence-corrected chi connectivity index (χ3v) is 7.68. The second-order valence-corrected chi connectivity index (χ2v) is 9.77. The van der Waals surface area contributed by atoms with E-state index >= 15 is 0 Å². The van der Waals surface area contributed by atoms with Crippen molar-refractivity contribution < 1.29 is 30.0 Å². The molecule has 0 aromatic carbocycles. The minimum atomic E-state index is -5.32. The summed E-state index contributed by atoms with van der Waals surface area (Å²) in [6.07, 6.45) is 4.70. The fraction of sp³-hybridized carbons (Fsp3) is 1.00. The maximum Gasteiger partial charge on any atom is 0.348 e. The Labute approximate surface area is 117 Å². The molecule has 0 heterocycles. The fourth-order valence-electron chi connectivity index (χ4n) is 4.57. The zero-order valence-electron chi connectivity index (χ0n) is 10.7. The van der Waals surface area contributed by atoms with Gasteiger partial charge in [-0.3, -0.25) is 8.74 Å². The van der Waals surface area contributed by atoms with E-state index in [-0.39, 0.29) is 0 Å². The molecule has 4 fully saturated rings. The first-order chi connectivity index (χ1) is 9.10. The molecule has 0 radical (unpaired) electrons. The Kier molecular flexibility index (Phi) is 3.21. The number of halogens is 1. The molecule has 9 heteroatoms. The van der Waals surface area contributed by atoms with Crippen LogP contribution < -0.4 is 0 Å². The van der Waals surface area contributed by atoms with Gasteiger partial charge in [0.2, 0.25) is 0 Å². The molecular formula is C11H17FO6S2. The van der Waals surface area contributed by atoms with Gasteiger partial charge in [0.25, 0.3) is 0 Å². The van der Waals surface area contributed by atoms with Crippen molar-refractivity contribution in [2.75, 3.05) is 0 Å². The van der Waals surface area contributed by atoms with E-state index in [9.17, 15) is 21.2 Å². The summed E-state index contributed by atoms with van der Waals surface area (Å²) in [6.45, 7) is 0. The Balaban J connectivity index is 1.84. The average molecular weight is 328 g/mol. The van der Waals surface area contributed by atoms with Gasteiger partial charge in [-0.15, -0.1) is 0 Å². The molecule has 1 N–H and O–H groups in total. The van der Waals surface area contributed by atoms with E-state index in [1.165, 1.54) is 0 Å². The van der Waals surface area contributed by atoms with Gasteiger partial charge in [0.15, 0.2) is 0 Å². The average Bonchev–Trinajstić information content (AvgIpc) is 2.22. The summed E-state index contributed by atoms with van der Waals surface area (Å²) in [5.41, 5.74) is -0.970. The summed E-state index contributed by atoms with van der Waals surface area (Å²) in [4.78, 5) is -3.43. The first kappa shape index (κ1) is 14.7. The van der Waals surface area contributed by atoms with Gasteiger partial charge in [-0.2, -0.15) is 16.8 Å². The topological polar surface area (TPSA) is 97.7 Å². The first-order valence-corrected chi connectivity index (χ1v) is 9.62. The first-order valence-electron chi connectivity index (χ1n) is 6.64. The van der Waals surface area contributed by atoms with Crippen molar-refractivity contribution in [3.8, 4) is 0 Å². The van der Waals surface area contributed by atoms with E-state index in [4.69, 9.17) is 8.74 Å². The summed E-state index contributed by atoms with van der Waals surface area (Å²) >= 11 is 0. The van der Waals surface area contributed by atoms with E-state index in [1.54, 1.807) is 0 Å². The minimum absolute atomic E-state index is 0.375. The number of rotatable bonds is 4. The molecule has 4 aliphatic carbocycles. The highest BCUT2D eigenvalue weighted by Gasteiger charge is 2.55. The van der Waals surface area contributed by atoms with Crippen molar-refractivity contribution in [2.45, 2.75) is 49.0 Å². The quantitative estimate of drug-likeness (QED) is 0.619. The third kappa shape index (κ3) is 2.49. The van der Waals surface area contributed by atoms with Crippen LogP contribution in [0.3, 0.4) is 0 Å². The van der Waals surface area contributed by atoms with Crippen LogP contribution in [-0.2, 0) is 24.4 Å². The maximum atomic E-state index is 13.4. The Hall–Kier alpha value is -0.250. The zero-order chi connectivity index (χ0) is 14.8. The van der Waals surface area contributed by atoms with Crippen LogP contribution in [0.25, 0.3) is 0 Å². The number of alkyl halides is 1. The van der Waals surface area contributed by atoms with Gasteiger partial charge < -0.3 is 0 Å². The highest BCUT2D eigenvalue weighted by molar-refractivity contribution is 8.04. The Morgan fingerprint density at radius 2 is 1.40 bits per heavy atom. The lowest BCUT2D eigenvalue weighted by Gasteiger charge is -2.55. The maximum absolute atomic E-state index is 13.4. The van der Waals surface area contributed by atoms with Gasteiger partial charge in [0.05, 0.1) is 5.60 Å². The monoisotopic (exact) mass is 328 g/mol. The molecule has 4 bridgehead atoms. The molecule has 0 saturated heterocycles. The largest absolute Gasteiger partial charge is 0.348 e. The van der Waals surface area contributed by atoms with Gasteiger partial charge in [-0.25, -0.2) is 4.39 Å². The van der Waals surface area contributed by atoms with Crippen LogP contribution in [0, 0.1) is 17.8 Å². The summed E-state index contributed by atoms with van der Waals surface area (Å²) in [5.74, 6) is 1.13. The van der Waals surface area contributed by atoms with Crippen molar-refractivity contribution in [3.63, 3.8) is 0 Å². The lowest BCUT2D eigenvalue weighted by Crippen LogP contribution is -2.53. The molecule has 4 saturated carbocycles. The van der Waals surface area contributed by atoms with Crippen molar-refractivity contribution in [1.29, 1.82) is 0 Å². The van der Waals surface area contributed by atoms with Gasteiger partial charge in [0, 0.05) is 0 Å². The molecule has 4 aliphatic rings. The number of hydrogen-bond donors (Lipinski definition) is 1. The lowest BCUT2D eigenvalue weighted by atomic mass is 9.54. The molecule has 0 aromatic heterocycles. The highest BCUT2D eigenvalue weighted by atomic mass is 32.3. The van der Waals surface area contributed by atoms with E-state index in [1.807, 2.05) is 0 Å². The molecule has 0 spiro atoms. The van der Waals surface area contributed by atoms with Crippen molar-refractivity contribution in [1.82, 2.24) is 0 Å². The molecule has 4 rings (SSSR count). The van der Waals surface area contributed by atoms with Gasteiger partial charge in [-0.05, 0) is 56.3 Å². The Morgan fingerprint density at radius 1 is 1.00 bits per heavy atom. The Bertz CT molecular complexity index is 576. The second kappa shape index (κ2) is 4.37. The van der Waals surface area contributed by atoms with Crippen LogP contribution in [0.15, 0.2) is 0 Å². The van der Waals surface area contributed by atoms with Crippen molar-refractivity contribution in [2.24, 2.45) is 17.8 Å². The molecule has 0 amide bonds. The van der Waals surface area contributed by atoms with Crippen LogP contribution >= 0.6 is 0 Å². The molecule has 20 heavy (non-hydrogen) atoms. The molecule has 116 valence electrons. The predicted octanol–water partition coefficient (Wildman–Crippen LogP) is 1.44. The van der Waals surface area contributed by atoms with Crippen LogP contribution in [0.5, 0.6) is 0 Å². The van der Waals surface area contributed by atoms with Crippen LogP contribution in [0.4, 0.5) is 4.39 Å². The van der Waals surface area contributed by atoms with E-state index < -0.39 is 30.7 Å². The fourth-order valence-corrected chi connectivity index (χ4v) is 6.65. The van der Waals surface area contributed by atoms with Gasteiger partial charge in [0.1, 0.15) is 0 Å². The SMILES string of the molecule is O=S(=O)(O)C(F)S(=O)(=O)OC12CC3CC(CC(C3)C1)C2. The zero-order valence-corrected chi connectivity index (χ0v) is 12.4. The van der Waals surface area contributed by atoms with Crippen molar-refractivity contribution in [3.05, 3.63) is 0 Å². The van der Waals surface area contributed by atoms with Gasteiger partial charge >= 0.3 is 25.1 Å². The Morgan fingerprint density at radius 3 is 1.75 bits per heavy atom.